The zero-order chi connectivity index (χ0) is 27.3. The van der Waals surface area contributed by atoms with Gasteiger partial charge in [0.05, 0.1) is 0 Å². The number of rotatable bonds is 9. The largest absolute Gasteiger partial charge is 0.489 e. The molecular formula is C25H30N2O10. The SMILES string of the molecule is CNC(=O)/C(=N/OC)c1ccccc1COc1cc(C)c(O[C@@H]2O[C@H](C(=O)O)[C@@H](O)[C@H](O)[C@H]2O)cc1C. The molecule has 0 saturated carbocycles. The lowest BCUT2D eigenvalue weighted by Crippen LogP contribution is -2.61. The molecule has 3 rings (SSSR count). The number of nitrogens with zero attached hydrogens (tertiary/aromatic N) is 1. The minimum absolute atomic E-state index is 0.0962. The highest BCUT2D eigenvalue weighted by atomic mass is 16.7. The molecule has 5 atom stereocenters. The Balaban J connectivity index is 1.79. The van der Waals surface area contributed by atoms with Gasteiger partial charge in [0, 0.05) is 12.6 Å². The monoisotopic (exact) mass is 518 g/mol. The maximum absolute atomic E-state index is 12.3. The van der Waals surface area contributed by atoms with Crippen LogP contribution in [-0.4, -0.2) is 82.9 Å². The van der Waals surface area contributed by atoms with Crippen LogP contribution in [0.2, 0.25) is 0 Å². The number of amides is 1. The van der Waals surface area contributed by atoms with Crippen molar-refractivity contribution in [1.82, 2.24) is 5.32 Å². The van der Waals surface area contributed by atoms with Crippen LogP contribution >= 0.6 is 0 Å². The van der Waals surface area contributed by atoms with E-state index in [0.29, 0.717) is 28.0 Å². The lowest BCUT2D eigenvalue weighted by molar-refractivity contribution is -0.271. The fraction of sp³-hybridized carbons (Fsp3) is 0.400. The summed E-state index contributed by atoms with van der Waals surface area (Å²) in [6.07, 6.45) is -8.56. The third-order valence-corrected chi connectivity index (χ3v) is 5.81. The number of hydrogen-bond acceptors (Lipinski definition) is 10. The molecule has 1 heterocycles. The average Bonchev–Trinajstić information content (AvgIpc) is 2.88. The van der Waals surface area contributed by atoms with E-state index in [0.717, 1.165) is 0 Å². The van der Waals surface area contributed by atoms with Crippen LogP contribution in [0.15, 0.2) is 41.6 Å². The number of likely N-dealkylation sites (N-methyl/N-ethyl adjacent to an activating group) is 1. The summed E-state index contributed by atoms with van der Waals surface area (Å²) in [5.74, 6) is -1.15. The van der Waals surface area contributed by atoms with Crippen molar-refractivity contribution in [2.75, 3.05) is 14.2 Å². The van der Waals surface area contributed by atoms with E-state index >= 15 is 0 Å². The Bertz CT molecular complexity index is 1170. The van der Waals surface area contributed by atoms with Crippen molar-refractivity contribution in [3.8, 4) is 11.5 Å². The van der Waals surface area contributed by atoms with Crippen molar-refractivity contribution in [2.45, 2.75) is 51.2 Å². The molecule has 12 heteroatoms. The van der Waals surface area contributed by atoms with E-state index in [9.17, 15) is 30.0 Å². The van der Waals surface area contributed by atoms with E-state index in [1.54, 1.807) is 50.2 Å². The van der Waals surface area contributed by atoms with Gasteiger partial charge in [-0.15, -0.1) is 0 Å². The van der Waals surface area contributed by atoms with Gasteiger partial charge >= 0.3 is 5.97 Å². The first-order valence-corrected chi connectivity index (χ1v) is 11.3. The zero-order valence-corrected chi connectivity index (χ0v) is 20.7. The number of nitrogens with one attached hydrogen (secondary N) is 1. The summed E-state index contributed by atoms with van der Waals surface area (Å²) < 4.78 is 16.9. The van der Waals surface area contributed by atoms with Gasteiger partial charge in [0.2, 0.25) is 6.29 Å². The van der Waals surface area contributed by atoms with E-state index in [1.807, 2.05) is 0 Å². The summed E-state index contributed by atoms with van der Waals surface area (Å²) in [5.41, 5.74) is 2.54. The van der Waals surface area contributed by atoms with Crippen LogP contribution in [-0.2, 0) is 25.8 Å². The summed E-state index contributed by atoms with van der Waals surface area (Å²) >= 11 is 0. The summed E-state index contributed by atoms with van der Waals surface area (Å²) in [7, 11) is 2.84. The number of ether oxygens (including phenoxy) is 3. The molecule has 0 radical (unpaired) electrons. The third-order valence-electron chi connectivity index (χ3n) is 5.81. The van der Waals surface area contributed by atoms with Crippen molar-refractivity contribution in [3.05, 3.63) is 58.7 Å². The summed E-state index contributed by atoms with van der Waals surface area (Å²) in [6, 6.07) is 10.4. The zero-order valence-electron chi connectivity index (χ0n) is 20.7. The van der Waals surface area contributed by atoms with Gasteiger partial charge in [0.25, 0.3) is 5.91 Å². The summed E-state index contributed by atoms with van der Waals surface area (Å²) in [5, 5.41) is 45.7. The third kappa shape index (κ3) is 6.17. The van der Waals surface area contributed by atoms with Gasteiger partial charge in [0.15, 0.2) is 11.8 Å². The van der Waals surface area contributed by atoms with E-state index in [1.165, 1.54) is 14.2 Å². The van der Waals surface area contributed by atoms with Gasteiger partial charge in [-0.05, 0) is 42.7 Å². The first-order valence-electron chi connectivity index (χ1n) is 11.3. The molecule has 0 aromatic heterocycles. The number of carbonyl (C=O) groups is 2. The number of hydrogen-bond donors (Lipinski definition) is 5. The number of carboxylic acids is 1. The Hall–Kier alpha value is -3.71. The van der Waals surface area contributed by atoms with Crippen LogP contribution in [0.3, 0.4) is 0 Å². The molecule has 37 heavy (non-hydrogen) atoms. The Morgan fingerprint density at radius 3 is 2.32 bits per heavy atom. The first kappa shape index (κ1) is 27.9. The highest BCUT2D eigenvalue weighted by Gasteiger charge is 2.48. The smallest absolute Gasteiger partial charge is 0.335 e. The van der Waals surface area contributed by atoms with Crippen LogP contribution in [0.4, 0.5) is 0 Å². The van der Waals surface area contributed by atoms with Gasteiger partial charge in [0.1, 0.15) is 43.5 Å². The van der Waals surface area contributed by atoms with Crippen molar-refractivity contribution < 1.29 is 49.1 Å². The van der Waals surface area contributed by atoms with E-state index in [4.69, 9.17) is 19.0 Å². The van der Waals surface area contributed by atoms with Gasteiger partial charge in [-0.25, -0.2) is 4.79 Å². The molecule has 2 aromatic carbocycles. The number of aliphatic carboxylic acids is 1. The van der Waals surface area contributed by atoms with E-state index < -0.39 is 42.6 Å². The number of aryl methyl sites for hydroxylation is 2. The molecule has 0 unspecified atom stereocenters. The molecule has 1 aliphatic rings. The second-order valence-electron chi connectivity index (χ2n) is 8.38. The Labute approximate surface area is 213 Å². The van der Waals surface area contributed by atoms with Gasteiger partial charge < -0.3 is 44.8 Å². The second kappa shape index (κ2) is 12.0. The number of oxime groups is 1. The predicted molar refractivity (Wildman–Crippen MR) is 129 cm³/mol. The molecule has 1 aliphatic heterocycles. The van der Waals surface area contributed by atoms with Crippen molar-refractivity contribution in [2.24, 2.45) is 5.16 Å². The van der Waals surface area contributed by atoms with Crippen LogP contribution in [0.1, 0.15) is 22.3 Å². The predicted octanol–water partition coefficient (Wildman–Crippen LogP) is 0.250. The molecule has 0 aliphatic carbocycles. The molecular weight excluding hydrogens is 488 g/mol. The van der Waals surface area contributed by atoms with Gasteiger partial charge in [-0.2, -0.15) is 0 Å². The highest BCUT2D eigenvalue weighted by molar-refractivity contribution is 6.45. The fourth-order valence-electron chi connectivity index (χ4n) is 3.78. The molecule has 1 amide bonds. The lowest BCUT2D eigenvalue weighted by Gasteiger charge is -2.38. The molecule has 12 nitrogen and oxygen atoms in total. The Morgan fingerprint density at radius 2 is 1.68 bits per heavy atom. The highest BCUT2D eigenvalue weighted by Crippen LogP contribution is 2.32. The molecule has 1 fully saturated rings. The molecule has 2 aromatic rings. The van der Waals surface area contributed by atoms with Gasteiger partial charge in [-0.3, -0.25) is 4.79 Å². The standard InChI is InChI=1S/C25H30N2O10/c1-12-10-17(36-25-21(30)19(28)20(29)22(37-25)24(32)33)13(2)9-16(12)35-11-14-7-5-6-8-15(14)18(27-34-4)23(31)26-3/h5-10,19-22,25,28-30H,11H2,1-4H3,(H,26,31)(H,32,33)/b27-18+/t19-,20-,21+,22-,25+/m0/s1. The molecule has 200 valence electrons. The van der Waals surface area contributed by atoms with Crippen LogP contribution in [0.5, 0.6) is 11.5 Å². The molecule has 5 N–H and O–H groups in total. The van der Waals surface area contributed by atoms with Gasteiger partial charge in [-0.1, -0.05) is 29.4 Å². The second-order valence-corrected chi connectivity index (χ2v) is 8.38. The van der Waals surface area contributed by atoms with Crippen LogP contribution < -0.4 is 14.8 Å². The topological polar surface area (TPSA) is 176 Å². The maximum Gasteiger partial charge on any atom is 0.335 e. The van der Waals surface area contributed by atoms with E-state index in [-0.39, 0.29) is 18.1 Å². The lowest BCUT2D eigenvalue weighted by atomic mass is 9.99. The number of aliphatic hydroxyl groups is 3. The van der Waals surface area contributed by atoms with Crippen molar-refractivity contribution in [3.63, 3.8) is 0 Å². The number of benzene rings is 2. The number of carbonyl (C=O) groups excluding carboxylic acids is 1. The summed E-state index contributed by atoms with van der Waals surface area (Å²) in [6.45, 7) is 3.57. The normalized spacial score (nSPS) is 23.8. The molecule has 0 spiro atoms. The summed E-state index contributed by atoms with van der Waals surface area (Å²) in [4.78, 5) is 28.5. The molecule has 1 saturated heterocycles. The molecule has 0 bridgehead atoms. The Morgan fingerprint density at radius 1 is 1.03 bits per heavy atom. The minimum Gasteiger partial charge on any atom is -0.489 e. The van der Waals surface area contributed by atoms with Crippen LogP contribution in [0.25, 0.3) is 0 Å². The van der Waals surface area contributed by atoms with Crippen LogP contribution in [0, 0.1) is 13.8 Å². The van der Waals surface area contributed by atoms with Crippen molar-refractivity contribution >= 4 is 17.6 Å². The number of carboxylic acid groups (broad SMARTS) is 1. The number of aliphatic hydroxyl groups excluding tert-OH is 3. The first-order chi connectivity index (χ1) is 17.6. The average molecular weight is 519 g/mol. The maximum atomic E-state index is 12.3. The Kier molecular flexibility index (Phi) is 9.05. The fourth-order valence-corrected chi connectivity index (χ4v) is 3.78. The quantitative estimate of drug-likeness (QED) is 0.228. The van der Waals surface area contributed by atoms with Crippen molar-refractivity contribution in [1.29, 1.82) is 0 Å². The minimum atomic E-state index is -1.81. The van der Waals surface area contributed by atoms with E-state index in [2.05, 4.69) is 10.5 Å².